The van der Waals surface area contributed by atoms with Crippen molar-refractivity contribution in [3.8, 4) is 0 Å². The van der Waals surface area contributed by atoms with Crippen LogP contribution >= 0.6 is 15.9 Å². The minimum Gasteiger partial charge on any atom is -0.304 e. The Balaban J connectivity index is 2.41. The maximum absolute atomic E-state index is 13.6. The Labute approximate surface area is 119 Å². The molecule has 19 heavy (non-hydrogen) atoms. The molecule has 0 spiro atoms. The van der Waals surface area contributed by atoms with E-state index in [0.717, 1.165) is 12.8 Å². The summed E-state index contributed by atoms with van der Waals surface area (Å²) in [5, 5.41) is 0. The molecule has 0 bridgehead atoms. The third kappa shape index (κ3) is 2.43. The maximum Gasteiger partial charge on any atom is 0.299 e. The second-order valence-corrected chi connectivity index (χ2v) is 5.57. The highest BCUT2D eigenvalue weighted by molar-refractivity contribution is 9.10. The van der Waals surface area contributed by atoms with Gasteiger partial charge in [-0.1, -0.05) is 26.7 Å². The van der Waals surface area contributed by atoms with Gasteiger partial charge in [0.2, 0.25) is 0 Å². The smallest absolute Gasteiger partial charge is 0.299 e. The van der Waals surface area contributed by atoms with Gasteiger partial charge in [-0.15, -0.1) is 0 Å². The van der Waals surface area contributed by atoms with Gasteiger partial charge in [0.05, 0.1) is 15.7 Å². The van der Waals surface area contributed by atoms with Gasteiger partial charge >= 0.3 is 0 Å². The Bertz CT molecular complexity index is 540. The zero-order chi connectivity index (χ0) is 14.2. The molecule has 1 aliphatic heterocycles. The van der Waals surface area contributed by atoms with E-state index in [4.69, 9.17) is 0 Å². The molecule has 2 rings (SSSR count). The lowest BCUT2D eigenvalue weighted by Crippen LogP contribution is -2.34. The molecule has 0 unspecified atom stereocenters. The SMILES string of the molecule is CCC(CC)CN1C(=O)C(=O)c2cc(Br)c(F)cc21. The van der Waals surface area contributed by atoms with E-state index in [1.54, 1.807) is 0 Å². The zero-order valence-electron chi connectivity index (χ0n) is 10.9. The number of amides is 1. The number of hydrogen-bond donors (Lipinski definition) is 0. The first-order valence-corrected chi connectivity index (χ1v) is 7.14. The number of nitrogens with zero attached hydrogens (tertiary/aromatic N) is 1. The molecule has 0 saturated carbocycles. The van der Waals surface area contributed by atoms with Crippen molar-refractivity contribution in [2.45, 2.75) is 26.7 Å². The van der Waals surface area contributed by atoms with E-state index in [0.29, 0.717) is 18.2 Å². The van der Waals surface area contributed by atoms with E-state index in [9.17, 15) is 14.0 Å². The normalized spacial score (nSPS) is 14.5. The van der Waals surface area contributed by atoms with Gasteiger partial charge in [0.15, 0.2) is 0 Å². The van der Waals surface area contributed by atoms with Crippen LogP contribution in [0.3, 0.4) is 0 Å². The van der Waals surface area contributed by atoms with Crippen LogP contribution in [0.2, 0.25) is 0 Å². The molecule has 0 saturated heterocycles. The van der Waals surface area contributed by atoms with Crippen molar-refractivity contribution in [3.63, 3.8) is 0 Å². The monoisotopic (exact) mass is 327 g/mol. The number of hydrogen-bond acceptors (Lipinski definition) is 2. The lowest BCUT2D eigenvalue weighted by Gasteiger charge is -2.22. The second kappa shape index (κ2) is 5.41. The molecule has 0 atom stereocenters. The van der Waals surface area contributed by atoms with Crippen LogP contribution in [0.15, 0.2) is 16.6 Å². The summed E-state index contributed by atoms with van der Waals surface area (Å²) in [6.45, 7) is 4.55. The van der Waals surface area contributed by atoms with Gasteiger partial charge in [0, 0.05) is 6.54 Å². The Morgan fingerprint density at radius 1 is 1.26 bits per heavy atom. The summed E-state index contributed by atoms with van der Waals surface area (Å²) in [4.78, 5) is 25.3. The maximum atomic E-state index is 13.6. The molecule has 1 aliphatic rings. The summed E-state index contributed by atoms with van der Waals surface area (Å²) in [6.07, 6.45) is 1.84. The van der Waals surface area contributed by atoms with Gasteiger partial charge in [-0.25, -0.2) is 4.39 Å². The molecule has 102 valence electrons. The number of fused-ring (bicyclic) bond motifs is 1. The van der Waals surface area contributed by atoms with Gasteiger partial charge < -0.3 is 4.90 Å². The van der Waals surface area contributed by atoms with E-state index in [1.165, 1.54) is 17.0 Å². The van der Waals surface area contributed by atoms with Gasteiger partial charge in [0.1, 0.15) is 5.82 Å². The third-order valence-corrected chi connectivity index (χ3v) is 4.22. The predicted molar refractivity (Wildman–Crippen MR) is 74.9 cm³/mol. The topological polar surface area (TPSA) is 37.4 Å². The summed E-state index contributed by atoms with van der Waals surface area (Å²) in [5.74, 6) is -1.26. The van der Waals surface area contributed by atoms with Crippen LogP contribution < -0.4 is 4.90 Å². The summed E-state index contributed by atoms with van der Waals surface area (Å²) in [5.41, 5.74) is 0.673. The Kier molecular flexibility index (Phi) is 4.04. The summed E-state index contributed by atoms with van der Waals surface area (Å²) >= 11 is 3.04. The van der Waals surface area contributed by atoms with Gasteiger partial charge in [-0.3, -0.25) is 9.59 Å². The number of Topliss-reactive ketones (excluding diaryl/α,β-unsaturated/α-hetero) is 1. The van der Waals surface area contributed by atoms with Crippen molar-refractivity contribution in [1.82, 2.24) is 0 Å². The average Bonchev–Trinajstić information content (AvgIpc) is 2.61. The largest absolute Gasteiger partial charge is 0.304 e. The van der Waals surface area contributed by atoms with Crippen LogP contribution in [0.5, 0.6) is 0 Å². The molecule has 3 nitrogen and oxygen atoms in total. The van der Waals surface area contributed by atoms with E-state index < -0.39 is 17.5 Å². The van der Waals surface area contributed by atoms with Gasteiger partial charge in [-0.2, -0.15) is 0 Å². The molecule has 5 heteroatoms. The molecule has 1 heterocycles. The van der Waals surface area contributed by atoms with Crippen LogP contribution in [-0.2, 0) is 4.79 Å². The molecule has 0 radical (unpaired) electrons. The predicted octanol–water partition coefficient (Wildman–Crippen LogP) is 3.55. The van der Waals surface area contributed by atoms with Crippen LogP contribution in [0.1, 0.15) is 37.0 Å². The first kappa shape index (κ1) is 14.2. The molecule has 0 N–H and O–H groups in total. The third-order valence-electron chi connectivity index (χ3n) is 3.61. The Hall–Kier alpha value is -1.23. The highest BCUT2D eigenvalue weighted by atomic mass is 79.9. The van der Waals surface area contributed by atoms with Crippen molar-refractivity contribution in [1.29, 1.82) is 0 Å². The molecule has 1 aromatic carbocycles. The average molecular weight is 328 g/mol. The minimum absolute atomic E-state index is 0.205. The van der Waals surface area contributed by atoms with Crippen molar-refractivity contribution in [2.24, 2.45) is 5.92 Å². The number of anilines is 1. The number of ketones is 1. The van der Waals surface area contributed by atoms with Gasteiger partial charge in [0.25, 0.3) is 11.7 Å². The zero-order valence-corrected chi connectivity index (χ0v) is 12.5. The first-order valence-electron chi connectivity index (χ1n) is 6.34. The lowest BCUT2D eigenvalue weighted by molar-refractivity contribution is -0.114. The molecule has 1 amide bonds. The summed E-state index contributed by atoms with van der Waals surface area (Å²) < 4.78 is 13.8. The summed E-state index contributed by atoms with van der Waals surface area (Å²) in [6, 6.07) is 2.64. The van der Waals surface area contributed by atoms with Gasteiger partial charge in [-0.05, 0) is 34.0 Å². The number of carbonyl (C=O) groups excluding carboxylic acids is 2. The van der Waals surface area contributed by atoms with E-state index >= 15 is 0 Å². The molecule has 0 aromatic heterocycles. The first-order chi connectivity index (χ1) is 8.99. The van der Waals surface area contributed by atoms with E-state index in [-0.39, 0.29) is 10.0 Å². The van der Waals surface area contributed by atoms with E-state index in [2.05, 4.69) is 15.9 Å². The van der Waals surface area contributed by atoms with Crippen LogP contribution in [0, 0.1) is 11.7 Å². The molecule has 0 aliphatic carbocycles. The number of halogens is 2. The lowest BCUT2D eigenvalue weighted by atomic mass is 10.0. The highest BCUT2D eigenvalue weighted by Crippen LogP contribution is 2.34. The second-order valence-electron chi connectivity index (χ2n) is 4.71. The Morgan fingerprint density at radius 3 is 2.47 bits per heavy atom. The minimum atomic E-state index is -0.556. The van der Waals surface area contributed by atoms with Crippen molar-refractivity contribution in [3.05, 3.63) is 28.0 Å². The molecule has 1 aromatic rings. The quantitative estimate of drug-likeness (QED) is 0.793. The number of rotatable bonds is 4. The van der Waals surface area contributed by atoms with Crippen molar-refractivity contribution >= 4 is 33.3 Å². The van der Waals surface area contributed by atoms with Crippen LogP contribution in [-0.4, -0.2) is 18.2 Å². The number of carbonyl (C=O) groups is 2. The highest BCUT2D eigenvalue weighted by Gasteiger charge is 2.37. The summed E-state index contributed by atoms with van der Waals surface area (Å²) in [7, 11) is 0. The standard InChI is InChI=1S/C14H15BrFNO2/c1-3-8(4-2)7-17-12-6-11(16)10(15)5-9(12)13(18)14(17)19/h5-6,8H,3-4,7H2,1-2H3. The fourth-order valence-electron chi connectivity index (χ4n) is 2.28. The van der Waals surface area contributed by atoms with Crippen LogP contribution in [0.25, 0.3) is 0 Å². The fraction of sp³-hybridized carbons (Fsp3) is 0.429. The number of benzene rings is 1. The molecular formula is C14H15BrFNO2. The fourth-order valence-corrected chi connectivity index (χ4v) is 2.62. The molecular weight excluding hydrogens is 313 g/mol. The van der Waals surface area contributed by atoms with Crippen molar-refractivity contribution in [2.75, 3.05) is 11.4 Å². The molecule has 0 fully saturated rings. The van der Waals surface area contributed by atoms with E-state index in [1.807, 2.05) is 13.8 Å². The van der Waals surface area contributed by atoms with Crippen molar-refractivity contribution < 1.29 is 14.0 Å². The Morgan fingerprint density at radius 2 is 1.89 bits per heavy atom. The van der Waals surface area contributed by atoms with Crippen LogP contribution in [0.4, 0.5) is 10.1 Å².